The van der Waals surface area contributed by atoms with Gasteiger partial charge in [-0.05, 0) is 19.1 Å². The summed E-state index contributed by atoms with van der Waals surface area (Å²) in [5.41, 5.74) is 6.62. The number of hydrogen-bond acceptors (Lipinski definition) is 4. The average Bonchev–Trinajstić information content (AvgIpc) is 2.67. The Labute approximate surface area is 92.5 Å². The molecule has 6 heteroatoms. The van der Waals surface area contributed by atoms with Crippen LogP contribution in [0.25, 0.3) is 5.65 Å². The monoisotopic (exact) mass is 219 g/mol. The van der Waals surface area contributed by atoms with E-state index in [1.54, 1.807) is 22.7 Å². The summed E-state index contributed by atoms with van der Waals surface area (Å²) in [5.74, 6) is 0.615. The van der Waals surface area contributed by atoms with Gasteiger partial charge in [0.15, 0.2) is 5.65 Å². The van der Waals surface area contributed by atoms with Gasteiger partial charge in [-0.3, -0.25) is 9.20 Å². The number of fused-ring (bicyclic) bond motifs is 1. The third-order valence-corrected chi connectivity index (χ3v) is 2.26. The fraction of sp³-hybridized carbons (Fsp3) is 0.300. The third kappa shape index (κ3) is 1.87. The normalized spacial score (nSPS) is 10.6. The van der Waals surface area contributed by atoms with Crippen LogP contribution in [0.5, 0.6) is 0 Å². The molecular formula is C10H13N5O. The topological polar surface area (TPSA) is 85.3 Å². The van der Waals surface area contributed by atoms with Crippen LogP contribution in [0.4, 0.5) is 0 Å². The molecule has 0 bridgehead atoms. The second-order valence-corrected chi connectivity index (χ2v) is 3.44. The Hall–Kier alpha value is -1.95. The van der Waals surface area contributed by atoms with Crippen molar-refractivity contribution in [3.63, 3.8) is 0 Å². The molecule has 0 aliphatic heterocycles. The van der Waals surface area contributed by atoms with Gasteiger partial charge in [0, 0.05) is 19.3 Å². The van der Waals surface area contributed by atoms with Crippen LogP contribution in [0.15, 0.2) is 18.3 Å². The first kappa shape index (κ1) is 10.6. The molecule has 1 amide bonds. The molecular weight excluding hydrogens is 206 g/mol. The summed E-state index contributed by atoms with van der Waals surface area (Å²) in [6, 6.07) is 3.48. The SMILES string of the molecule is Cc1nnc2ccc(C(=O)NCCN)cn12. The number of rotatable bonds is 3. The minimum atomic E-state index is -0.138. The molecule has 0 saturated carbocycles. The standard InChI is InChI=1S/C10H13N5O/c1-7-13-14-9-3-2-8(6-15(7)9)10(16)12-5-4-11/h2-3,6H,4-5,11H2,1H3,(H,12,16). The molecule has 16 heavy (non-hydrogen) atoms. The molecule has 2 heterocycles. The maximum Gasteiger partial charge on any atom is 0.252 e. The fourth-order valence-electron chi connectivity index (χ4n) is 1.43. The molecule has 0 radical (unpaired) electrons. The minimum absolute atomic E-state index is 0.138. The number of carbonyl (C=O) groups excluding carboxylic acids is 1. The van der Waals surface area contributed by atoms with Crippen molar-refractivity contribution in [2.75, 3.05) is 13.1 Å². The third-order valence-electron chi connectivity index (χ3n) is 2.26. The lowest BCUT2D eigenvalue weighted by Crippen LogP contribution is -2.29. The van der Waals surface area contributed by atoms with E-state index in [4.69, 9.17) is 5.73 Å². The van der Waals surface area contributed by atoms with Gasteiger partial charge in [0.1, 0.15) is 5.82 Å². The second-order valence-electron chi connectivity index (χ2n) is 3.44. The number of nitrogens with zero attached hydrogens (tertiary/aromatic N) is 3. The van der Waals surface area contributed by atoms with Crippen molar-refractivity contribution in [1.29, 1.82) is 0 Å². The highest BCUT2D eigenvalue weighted by atomic mass is 16.1. The van der Waals surface area contributed by atoms with Crippen LogP contribution in [0.3, 0.4) is 0 Å². The molecule has 2 aromatic rings. The van der Waals surface area contributed by atoms with E-state index in [2.05, 4.69) is 15.5 Å². The van der Waals surface area contributed by atoms with Gasteiger partial charge < -0.3 is 11.1 Å². The van der Waals surface area contributed by atoms with Gasteiger partial charge in [-0.15, -0.1) is 10.2 Å². The highest BCUT2D eigenvalue weighted by molar-refractivity contribution is 5.94. The molecule has 0 atom stereocenters. The zero-order valence-electron chi connectivity index (χ0n) is 8.97. The van der Waals surface area contributed by atoms with Crippen LogP contribution in [-0.4, -0.2) is 33.6 Å². The van der Waals surface area contributed by atoms with Crippen LogP contribution in [0.2, 0.25) is 0 Å². The van der Waals surface area contributed by atoms with Crippen molar-refractivity contribution < 1.29 is 4.79 Å². The molecule has 84 valence electrons. The number of pyridine rings is 1. The molecule has 2 rings (SSSR count). The Morgan fingerprint density at radius 2 is 2.31 bits per heavy atom. The van der Waals surface area contributed by atoms with Gasteiger partial charge in [-0.2, -0.15) is 0 Å². The van der Waals surface area contributed by atoms with Crippen molar-refractivity contribution in [1.82, 2.24) is 19.9 Å². The van der Waals surface area contributed by atoms with Gasteiger partial charge in [-0.25, -0.2) is 0 Å². The Balaban J connectivity index is 2.31. The molecule has 3 N–H and O–H groups in total. The lowest BCUT2D eigenvalue weighted by molar-refractivity contribution is 0.0954. The smallest absolute Gasteiger partial charge is 0.252 e. The minimum Gasteiger partial charge on any atom is -0.351 e. The molecule has 6 nitrogen and oxygen atoms in total. The lowest BCUT2D eigenvalue weighted by atomic mass is 10.2. The van der Waals surface area contributed by atoms with Crippen molar-refractivity contribution in [3.8, 4) is 0 Å². The molecule has 0 saturated heterocycles. The number of hydrogen-bond donors (Lipinski definition) is 2. The van der Waals surface area contributed by atoms with E-state index in [0.717, 1.165) is 11.5 Å². The largest absolute Gasteiger partial charge is 0.351 e. The molecule has 2 aromatic heterocycles. The van der Waals surface area contributed by atoms with Gasteiger partial charge in [0.25, 0.3) is 5.91 Å². The number of aryl methyl sites for hydroxylation is 1. The number of carbonyl (C=O) groups is 1. The maximum atomic E-state index is 11.7. The predicted octanol–water partition coefficient (Wildman–Crippen LogP) is -0.274. The number of nitrogens with one attached hydrogen (secondary N) is 1. The Morgan fingerprint density at radius 3 is 3.06 bits per heavy atom. The number of aromatic nitrogens is 3. The molecule has 0 aliphatic rings. The summed E-state index contributed by atoms with van der Waals surface area (Å²) < 4.78 is 1.78. The predicted molar refractivity (Wildman–Crippen MR) is 59.1 cm³/mol. The molecule has 0 aliphatic carbocycles. The number of nitrogens with two attached hydrogens (primary N) is 1. The van der Waals surface area contributed by atoms with Crippen LogP contribution in [-0.2, 0) is 0 Å². The highest BCUT2D eigenvalue weighted by Gasteiger charge is 2.07. The zero-order chi connectivity index (χ0) is 11.5. The van der Waals surface area contributed by atoms with Crippen molar-refractivity contribution in [2.24, 2.45) is 5.73 Å². The molecule has 0 unspecified atom stereocenters. The van der Waals surface area contributed by atoms with E-state index < -0.39 is 0 Å². The van der Waals surface area contributed by atoms with Crippen molar-refractivity contribution in [2.45, 2.75) is 6.92 Å². The summed E-state index contributed by atoms with van der Waals surface area (Å²) in [6.45, 7) is 2.74. The Bertz CT molecular complexity index is 519. The summed E-state index contributed by atoms with van der Waals surface area (Å²) in [5, 5.41) is 10.6. The van der Waals surface area contributed by atoms with Gasteiger partial charge in [-0.1, -0.05) is 0 Å². The summed E-state index contributed by atoms with van der Waals surface area (Å²) in [7, 11) is 0. The molecule has 0 aromatic carbocycles. The van der Waals surface area contributed by atoms with Crippen LogP contribution < -0.4 is 11.1 Å². The van der Waals surface area contributed by atoms with Gasteiger partial charge in [0.05, 0.1) is 5.56 Å². The first-order valence-corrected chi connectivity index (χ1v) is 5.02. The average molecular weight is 219 g/mol. The van der Waals surface area contributed by atoms with E-state index in [0.29, 0.717) is 18.7 Å². The number of amides is 1. The molecule has 0 spiro atoms. The van der Waals surface area contributed by atoms with Crippen molar-refractivity contribution in [3.05, 3.63) is 29.7 Å². The van der Waals surface area contributed by atoms with Crippen LogP contribution >= 0.6 is 0 Å². The van der Waals surface area contributed by atoms with Gasteiger partial charge in [0.2, 0.25) is 0 Å². The quantitative estimate of drug-likeness (QED) is 0.744. The Morgan fingerprint density at radius 1 is 1.50 bits per heavy atom. The highest BCUT2D eigenvalue weighted by Crippen LogP contribution is 2.06. The zero-order valence-corrected chi connectivity index (χ0v) is 8.97. The van der Waals surface area contributed by atoms with Crippen molar-refractivity contribution >= 4 is 11.6 Å². The summed E-state index contributed by atoms with van der Waals surface area (Å²) >= 11 is 0. The van der Waals surface area contributed by atoms with Gasteiger partial charge >= 0.3 is 0 Å². The summed E-state index contributed by atoms with van der Waals surface area (Å²) in [4.78, 5) is 11.7. The maximum absolute atomic E-state index is 11.7. The van der Waals surface area contributed by atoms with E-state index >= 15 is 0 Å². The lowest BCUT2D eigenvalue weighted by Gasteiger charge is -2.03. The van der Waals surface area contributed by atoms with Crippen LogP contribution in [0, 0.1) is 6.92 Å². The van der Waals surface area contributed by atoms with E-state index in [-0.39, 0.29) is 5.91 Å². The first-order valence-electron chi connectivity index (χ1n) is 5.02. The van der Waals surface area contributed by atoms with E-state index in [9.17, 15) is 4.79 Å². The van der Waals surface area contributed by atoms with E-state index in [1.165, 1.54) is 0 Å². The summed E-state index contributed by atoms with van der Waals surface area (Å²) in [6.07, 6.45) is 1.72. The first-order chi connectivity index (χ1) is 7.72. The van der Waals surface area contributed by atoms with Crippen LogP contribution in [0.1, 0.15) is 16.2 Å². The second kappa shape index (κ2) is 4.28. The van der Waals surface area contributed by atoms with E-state index in [1.807, 2.05) is 6.92 Å². The molecule has 0 fully saturated rings. The fourth-order valence-corrected chi connectivity index (χ4v) is 1.43. The Kier molecular flexibility index (Phi) is 2.82.